The molecular formula is C21H27NO2S. The van der Waals surface area contributed by atoms with E-state index in [1.165, 1.54) is 11.1 Å². The van der Waals surface area contributed by atoms with Crippen molar-refractivity contribution >= 4 is 9.84 Å². The largest absolute Gasteiger partial charge is 0.288 e. The van der Waals surface area contributed by atoms with Gasteiger partial charge in [-0.15, -0.1) is 0 Å². The number of rotatable bonds is 7. The Morgan fingerprint density at radius 1 is 1.00 bits per heavy atom. The summed E-state index contributed by atoms with van der Waals surface area (Å²) in [5.74, 6) is 0.601. The molecular weight excluding hydrogens is 330 g/mol. The van der Waals surface area contributed by atoms with Crippen molar-refractivity contribution in [1.29, 1.82) is 0 Å². The van der Waals surface area contributed by atoms with Gasteiger partial charge < -0.3 is 0 Å². The summed E-state index contributed by atoms with van der Waals surface area (Å²) in [4.78, 5) is 2.43. The Morgan fingerprint density at radius 2 is 1.56 bits per heavy atom. The lowest BCUT2D eigenvalue weighted by Gasteiger charge is -2.37. The lowest BCUT2D eigenvalue weighted by Crippen LogP contribution is -2.40. The van der Waals surface area contributed by atoms with Crippen molar-refractivity contribution in [2.45, 2.75) is 38.3 Å². The molecule has 25 heavy (non-hydrogen) atoms. The van der Waals surface area contributed by atoms with Crippen LogP contribution in [0.5, 0.6) is 0 Å². The molecule has 0 radical (unpaired) electrons. The number of benzene rings is 2. The summed E-state index contributed by atoms with van der Waals surface area (Å²) in [6.45, 7) is 3.11. The molecule has 0 bridgehead atoms. The molecule has 1 aliphatic heterocycles. The third-order valence-electron chi connectivity index (χ3n) is 5.01. The number of unbranched alkanes of at least 4 members (excludes halogenated alkanes) is 1. The van der Waals surface area contributed by atoms with Crippen molar-refractivity contribution in [1.82, 2.24) is 4.90 Å². The van der Waals surface area contributed by atoms with Crippen LogP contribution < -0.4 is 0 Å². The summed E-state index contributed by atoms with van der Waals surface area (Å²) < 4.78 is 24.2. The third kappa shape index (κ3) is 4.50. The van der Waals surface area contributed by atoms with Crippen molar-refractivity contribution in [3.05, 3.63) is 71.8 Å². The molecule has 0 spiro atoms. The van der Waals surface area contributed by atoms with Gasteiger partial charge in [0.15, 0.2) is 9.84 Å². The summed E-state index contributed by atoms with van der Waals surface area (Å²) >= 11 is 0. The first-order valence-electron chi connectivity index (χ1n) is 9.17. The van der Waals surface area contributed by atoms with Crippen LogP contribution in [0.1, 0.15) is 43.4 Å². The molecule has 2 aromatic rings. The van der Waals surface area contributed by atoms with Gasteiger partial charge in [0.2, 0.25) is 0 Å². The van der Waals surface area contributed by atoms with Crippen LogP contribution in [0.15, 0.2) is 60.7 Å². The van der Waals surface area contributed by atoms with Crippen molar-refractivity contribution in [3.8, 4) is 0 Å². The Labute approximate surface area is 151 Å². The third-order valence-corrected chi connectivity index (χ3v) is 6.76. The minimum absolute atomic E-state index is 0.0990. The Bertz CT molecular complexity index is 719. The molecule has 3 nitrogen and oxygen atoms in total. The second-order valence-electron chi connectivity index (χ2n) is 6.87. The molecule has 4 heteroatoms. The quantitative estimate of drug-likeness (QED) is 0.750. The molecule has 134 valence electrons. The zero-order valence-corrected chi connectivity index (χ0v) is 15.7. The lowest BCUT2D eigenvalue weighted by atomic mass is 9.95. The van der Waals surface area contributed by atoms with Gasteiger partial charge in [-0.3, -0.25) is 4.90 Å². The first-order valence-corrected chi connectivity index (χ1v) is 11.0. The van der Waals surface area contributed by atoms with Gasteiger partial charge in [0.25, 0.3) is 0 Å². The van der Waals surface area contributed by atoms with E-state index in [9.17, 15) is 8.42 Å². The van der Waals surface area contributed by atoms with E-state index >= 15 is 0 Å². The summed E-state index contributed by atoms with van der Waals surface area (Å²) in [6.07, 6.45) is 2.92. The van der Waals surface area contributed by atoms with Gasteiger partial charge >= 0.3 is 0 Å². The number of hydrogen-bond acceptors (Lipinski definition) is 3. The zero-order chi connectivity index (χ0) is 17.7. The van der Waals surface area contributed by atoms with E-state index in [4.69, 9.17) is 0 Å². The van der Waals surface area contributed by atoms with E-state index in [0.29, 0.717) is 5.75 Å². The van der Waals surface area contributed by atoms with Gasteiger partial charge in [0.1, 0.15) is 0 Å². The topological polar surface area (TPSA) is 37.4 Å². The zero-order valence-electron chi connectivity index (χ0n) is 14.8. The smallest absolute Gasteiger partial charge is 0.151 e. The van der Waals surface area contributed by atoms with E-state index in [1.54, 1.807) is 0 Å². The summed E-state index contributed by atoms with van der Waals surface area (Å²) in [5.41, 5.74) is 2.46. The molecule has 0 aromatic heterocycles. The van der Waals surface area contributed by atoms with E-state index in [0.717, 1.165) is 25.8 Å². The van der Waals surface area contributed by atoms with Crippen LogP contribution in [-0.4, -0.2) is 37.4 Å². The van der Waals surface area contributed by atoms with Gasteiger partial charge in [-0.25, -0.2) is 8.42 Å². The second kappa shape index (κ2) is 8.15. The van der Waals surface area contributed by atoms with Gasteiger partial charge in [0, 0.05) is 6.04 Å². The molecule has 2 aromatic carbocycles. The molecule has 0 unspecified atom stereocenters. The molecule has 1 fully saturated rings. The lowest BCUT2D eigenvalue weighted by molar-refractivity contribution is 0.167. The Hall–Kier alpha value is -1.65. The Morgan fingerprint density at radius 3 is 2.00 bits per heavy atom. The van der Waals surface area contributed by atoms with Gasteiger partial charge in [-0.2, -0.15) is 0 Å². The monoisotopic (exact) mass is 357 g/mol. The SMILES string of the molecule is CCCCN(C(c1ccccc1)c1ccccc1)[C@H]1CCS(=O)(=O)C1. The molecule has 3 rings (SSSR count). The molecule has 1 aliphatic rings. The highest BCUT2D eigenvalue weighted by Crippen LogP contribution is 2.33. The van der Waals surface area contributed by atoms with Crippen LogP contribution in [0.25, 0.3) is 0 Å². The maximum Gasteiger partial charge on any atom is 0.151 e. The molecule has 0 N–H and O–H groups in total. The van der Waals surface area contributed by atoms with E-state index in [1.807, 2.05) is 12.1 Å². The van der Waals surface area contributed by atoms with Crippen molar-refractivity contribution < 1.29 is 8.42 Å². The summed E-state index contributed by atoms with van der Waals surface area (Å²) in [6, 6.07) is 21.1. The van der Waals surface area contributed by atoms with Crippen LogP contribution in [0.2, 0.25) is 0 Å². The van der Waals surface area contributed by atoms with Crippen LogP contribution in [-0.2, 0) is 9.84 Å². The maximum absolute atomic E-state index is 12.1. The number of nitrogens with zero attached hydrogens (tertiary/aromatic N) is 1. The Kier molecular flexibility index (Phi) is 5.92. The fourth-order valence-corrected chi connectivity index (χ4v) is 5.49. The normalized spacial score (nSPS) is 19.6. The van der Waals surface area contributed by atoms with Crippen LogP contribution in [0.4, 0.5) is 0 Å². The highest BCUT2D eigenvalue weighted by Gasteiger charge is 2.36. The highest BCUT2D eigenvalue weighted by atomic mass is 32.2. The first-order chi connectivity index (χ1) is 12.1. The molecule has 1 heterocycles. The highest BCUT2D eigenvalue weighted by molar-refractivity contribution is 7.91. The van der Waals surface area contributed by atoms with E-state index < -0.39 is 9.84 Å². The molecule has 0 aliphatic carbocycles. The predicted octanol–water partition coefficient (Wildman–Crippen LogP) is 4.07. The van der Waals surface area contributed by atoms with Crippen molar-refractivity contribution in [3.63, 3.8) is 0 Å². The number of sulfone groups is 1. The second-order valence-corrected chi connectivity index (χ2v) is 9.10. The molecule has 1 atom stereocenters. The fourth-order valence-electron chi connectivity index (χ4n) is 3.75. The van der Waals surface area contributed by atoms with Crippen LogP contribution in [0.3, 0.4) is 0 Å². The predicted molar refractivity (Wildman–Crippen MR) is 103 cm³/mol. The Balaban J connectivity index is 2.00. The average molecular weight is 358 g/mol. The summed E-state index contributed by atoms with van der Waals surface area (Å²) in [5, 5.41) is 0. The van der Waals surface area contributed by atoms with E-state index in [2.05, 4.69) is 60.4 Å². The maximum atomic E-state index is 12.1. The minimum Gasteiger partial charge on any atom is -0.288 e. The first kappa shape index (κ1) is 18.2. The van der Waals surface area contributed by atoms with Crippen molar-refractivity contribution in [2.24, 2.45) is 0 Å². The van der Waals surface area contributed by atoms with Crippen LogP contribution >= 0.6 is 0 Å². The summed E-state index contributed by atoms with van der Waals surface area (Å²) in [7, 11) is -2.91. The van der Waals surface area contributed by atoms with Gasteiger partial charge in [-0.1, -0.05) is 74.0 Å². The van der Waals surface area contributed by atoms with Crippen LogP contribution in [0, 0.1) is 0 Å². The van der Waals surface area contributed by atoms with Crippen molar-refractivity contribution in [2.75, 3.05) is 18.1 Å². The van der Waals surface area contributed by atoms with E-state index in [-0.39, 0.29) is 17.8 Å². The minimum atomic E-state index is -2.91. The standard InChI is InChI=1S/C21H27NO2S/c1-2-3-15-22(20-14-16-25(23,24)17-20)21(18-10-6-4-7-11-18)19-12-8-5-9-13-19/h4-13,20-21H,2-3,14-17H2,1H3/t20-/m0/s1. The number of hydrogen-bond donors (Lipinski definition) is 0. The van der Waals surface area contributed by atoms with Gasteiger partial charge in [0.05, 0.1) is 17.5 Å². The fraction of sp³-hybridized carbons (Fsp3) is 0.429. The molecule has 0 amide bonds. The molecule has 1 saturated heterocycles. The molecule has 0 saturated carbocycles. The van der Waals surface area contributed by atoms with Gasteiger partial charge in [-0.05, 0) is 30.5 Å². The average Bonchev–Trinajstić information content (AvgIpc) is 3.00.